The van der Waals surface area contributed by atoms with Gasteiger partial charge in [-0.25, -0.2) is 0 Å². The number of halogens is 1. The Labute approximate surface area is 209 Å². The van der Waals surface area contributed by atoms with Crippen LogP contribution in [0.5, 0.6) is 11.5 Å². The standard InChI is InChI=1S/C28H26ClN3O3/c1-2-3-15-32-27(19-9-12-21(13-10-19)35-17-18-7-5-4-6-8-18)24-25(30-31-26(24)28(32)34)22-16-20(29)11-14-23(22)33/h4-14,16,27,33H,2-3,15,17H2,1H3,(H,30,31). The number of carbonyl (C=O) groups is 1. The molecule has 7 heteroatoms. The molecule has 1 aliphatic heterocycles. The first-order chi connectivity index (χ1) is 17.1. The predicted molar refractivity (Wildman–Crippen MR) is 136 cm³/mol. The molecule has 6 nitrogen and oxygen atoms in total. The number of benzene rings is 3. The van der Waals surface area contributed by atoms with E-state index in [1.165, 1.54) is 6.07 Å². The molecule has 1 amide bonds. The van der Waals surface area contributed by atoms with Gasteiger partial charge >= 0.3 is 0 Å². The lowest BCUT2D eigenvalue weighted by atomic mass is 9.95. The highest BCUT2D eigenvalue weighted by Gasteiger charge is 2.42. The number of hydrogen-bond donors (Lipinski definition) is 2. The number of aromatic amines is 1. The molecule has 4 aromatic rings. The summed E-state index contributed by atoms with van der Waals surface area (Å²) in [6, 6.07) is 22.3. The zero-order valence-electron chi connectivity index (χ0n) is 19.4. The summed E-state index contributed by atoms with van der Waals surface area (Å²) in [4.78, 5) is 15.2. The number of phenols is 1. The third-order valence-corrected chi connectivity index (χ3v) is 6.51. The highest BCUT2D eigenvalue weighted by atomic mass is 35.5. The van der Waals surface area contributed by atoms with Gasteiger partial charge in [0.25, 0.3) is 5.91 Å². The summed E-state index contributed by atoms with van der Waals surface area (Å²) < 4.78 is 5.95. The van der Waals surface area contributed by atoms with Crippen LogP contribution in [0.3, 0.4) is 0 Å². The molecule has 2 N–H and O–H groups in total. The van der Waals surface area contributed by atoms with Crippen molar-refractivity contribution >= 4 is 17.5 Å². The van der Waals surface area contributed by atoms with Crippen LogP contribution < -0.4 is 4.74 Å². The number of hydrogen-bond acceptors (Lipinski definition) is 4. The minimum absolute atomic E-state index is 0.0616. The van der Waals surface area contributed by atoms with E-state index in [9.17, 15) is 9.90 Å². The molecule has 0 saturated carbocycles. The number of fused-ring (bicyclic) bond motifs is 1. The second-order valence-corrected chi connectivity index (χ2v) is 9.06. The van der Waals surface area contributed by atoms with E-state index in [-0.39, 0.29) is 17.7 Å². The van der Waals surface area contributed by atoms with Crippen LogP contribution in [0.2, 0.25) is 5.02 Å². The molecule has 0 fully saturated rings. The average molecular weight is 488 g/mol. The molecule has 1 unspecified atom stereocenters. The number of carbonyl (C=O) groups excluding carboxylic acids is 1. The van der Waals surface area contributed by atoms with Crippen molar-refractivity contribution in [1.29, 1.82) is 0 Å². The Morgan fingerprint density at radius 3 is 2.60 bits per heavy atom. The number of unbranched alkanes of at least 4 members (excludes halogenated alkanes) is 1. The number of nitrogens with one attached hydrogen (secondary N) is 1. The SMILES string of the molecule is CCCCN1C(=O)c2[nH]nc(-c3cc(Cl)ccc3O)c2C1c1ccc(OCc2ccccc2)cc1. The van der Waals surface area contributed by atoms with E-state index < -0.39 is 0 Å². The first kappa shape index (κ1) is 23.0. The molecule has 2 heterocycles. The number of ether oxygens (including phenoxy) is 1. The van der Waals surface area contributed by atoms with E-state index >= 15 is 0 Å². The van der Waals surface area contributed by atoms with Gasteiger partial charge in [0, 0.05) is 22.7 Å². The quantitative estimate of drug-likeness (QED) is 0.303. The summed E-state index contributed by atoms with van der Waals surface area (Å²) in [6.07, 6.45) is 1.85. The normalized spacial score (nSPS) is 14.9. The largest absolute Gasteiger partial charge is 0.507 e. The van der Waals surface area contributed by atoms with Crippen molar-refractivity contribution in [3.05, 3.63) is 100 Å². The highest BCUT2D eigenvalue weighted by Crippen LogP contribution is 2.45. The fraction of sp³-hybridized carbons (Fsp3) is 0.214. The summed E-state index contributed by atoms with van der Waals surface area (Å²) in [5.74, 6) is 0.719. The maximum Gasteiger partial charge on any atom is 0.273 e. The molecule has 0 saturated heterocycles. The highest BCUT2D eigenvalue weighted by molar-refractivity contribution is 6.31. The molecular weight excluding hydrogens is 462 g/mol. The summed E-state index contributed by atoms with van der Waals surface area (Å²) in [7, 11) is 0. The molecule has 0 bridgehead atoms. The second kappa shape index (κ2) is 9.84. The topological polar surface area (TPSA) is 78.5 Å². The smallest absolute Gasteiger partial charge is 0.273 e. The van der Waals surface area contributed by atoms with Crippen LogP contribution >= 0.6 is 11.6 Å². The number of phenolic OH excluding ortho intramolecular Hbond substituents is 1. The number of rotatable bonds is 8. The van der Waals surface area contributed by atoms with Crippen molar-refractivity contribution in [2.75, 3.05) is 6.54 Å². The molecule has 1 atom stereocenters. The zero-order chi connectivity index (χ0) is 24.4. The Kier molecular flexibility index (Phi) is 6.47. The third kappa shape index (κ3) is 4.49. The van der Waals surface area contributed by atoms with Gasteiger partial charge in [-0.1, -0.05) is 67.4 Å². The maximum absolute atomic E-state index is 13.4. The monoisotopic (exact) mass is 487 g/mol. The summed E-state index contributed by atoms with van der Waals surface area (Å²) >= 11 is 6.21. The lowest BCUT2D eigenvalue weighted by Gasteiger charge is -2.26. The fourth-order valence-corrected chi connectivity index (χ4v) is 4.66. The van der Waals surface area contributed by atoms with Gasteiger partial charge in [-0.2, -0.15) is 5.10 Å². The van der Waals surface area contributed by atoms with Gasteiger partial charge in [0.1, 0.15) is 29.5 Å². The van der Waals surface area contributed by atoms with Gasteiger partial charge in [0.05, 0.1) is 6.04 Å². The van der Waals surface area contributed by atoms with Crippen molar-refractivity contribution in [1.82, 2.24) is 15.1 Å². The molecule has 5 rings (SSSR count). The molecule has 0 radical (unpaired) electrons. The first-order valence-corrected chi connectivity index (χ1v) is 12.1. The number of aromatic hydroxyl groups is 1. The van der Waals surface area contributed by atoms with E-state index in [1.54, 1.807) is 12.1 Å². The minimum Gasteiger partial charge on any atom is -0.507 e. The van der Waals surface area contributed by atoms with Crippen molar-refractivity contribution in [2.24, 2.45) is 0 Å². The maximum atomic E-state index is 13.4. The van der Waals surface area contributed by atoms with E-state index in [2.05, 4.69) is 17.1 Å². The van der Waals surface area contributed by atoms with Crippen LogP contribution in [-0.4, -0.2) is 32.7 Å². The first-order valence-electron chi connectivity index (χ1n) is 11.7. The average Bonchev–Trinajstić information content (AvgIpc) is 3.42. The lowest BCUT2D eigenvalue weighted by molar-refractivity contribution is 0.0741. The molecule has 0 spiro atoms. The molecule has 1 aliphatic rings. The van der Waals surface area contributed by atoms with Crippen LogP contribution in [0, 0.1) is 0 Å². The summed E-state index contributed by atoms with van der Waals surface area (Å²) in [5, 5.41) is 18.3. The number of aromatic nitrogens is 2. The molecule has 35 heavy (non-hydrogen) atoms. The van der Waals surface area contributed by atoms with Crippen molar-refractivity contribution in [2.45, 2.75) is 32.4 Å². The third-order valence-electron chi connectivity index (χ3n) is 6.27. The van der Waals surface area contributed by atoms with Crippen LogP contribution in [0.1, 0.15) is 53.0 Å². The Bertz CT molecular complexity index is 1340. The number of nitrogens with zero attached hydrogens (tertiary/aromatic N) is 2. The van der Waals surface area contributed by atoms with Gasteiger partial charge in [-0.15, -0.1) is 0 Å². The summed E-state index contributed by atoms with van der Waals surface area (Å²) in [5.41, 5.74) is 4.27. The molecular formula is C28H26ClN3O3. The van der Waals surface area contributed by atoms with Gasteiger partial charge in [0.2, 0.25) is 0 Å². The number of H-pyrrole nitrogens is 1. The zero-order valence-corrected chi connectivity index (χ0v) is 20.1. The predicted octanol–water partition coefficient (Wildman–Crippen LogP) is 6.36. The van der Waals surface area contributed by atoms with Crippen LogP contribution in [-0.2, 0) is 6.61 Å². The van der Waals surface area contributed by atoms with Gasteiger partial charge < -0.3 is 14.7 Å². The molecule has 1 aromatic heterocycles. The number of amides is 1. The minimum atomic E-state index is -0.334. The second-order valence-electron chi connectivity index (χ2n) is 8.62. The van der Waals surface area contributed by atoms with Crippen LogP contribution in [0.25, 0.3) is 11.3 Å². The van der Waals surface area contributed by atoms with E-state index in [0.717, 1.165) is 35.3 Å². The Morgan fingerprint density at radius 1 is 1.09 bits per heavy atom. The van der Waals surface area contributed by atoms with Crippen molar-refractivity contribution < 1.29 is 14.6 Å². The Hall–Kier alpha value is -3.77. The van der Waals surface area contributed by atoms with Gasteiger partial charge in [-0.05, 0) is 47.9 Å². The van der Waals surface area contributed by atoms with Crippen LogP contribution in [0.4, 0.5) is 0 Å². The van der Waals surface area contributed by atoms with Gasteiger partial charge in [-0.3, -0.25) is 9.89 Å². The Morgan fingerprint density at radius 2 is 1.86 bits per heavy atom. The fourth-order valence-electron chi connectivity index (χ4n) is 4.49. The Balaban J connectivity index is 1.50. The van der Waals surface area contributed by atoms with Gasteiger partial charge in [0.15, 0.2) is 0 Å². The van der Waals surface area contributed by atoms with E-state index in [4.69, 9.17) is 16.3 Å². The molecule has 3 aromatic carbocycles. The molecule has 178 valence electrons. The molecule has 0 aliphatic carbocycles. The van der Waals surface area contributed by atoms with E-state index in [1.807, 2.05) is 59.5 Å². The van der Waals surface area contributed by atoms with Crippen molar-refractivity contribution in [3.8, 4) is 22.8 Å². The van der Waals surface area contributed by atoms with E-state index in [0.29, 0.717) is 35.1 Å². The summed E-state index contributed by atoms with van der Waals surface area (Å²) in [6.45, 7) is 3.20. The van der Waals surface area contributed by atoms with Crippen molar-refractivity contribution in [3.63, 3.8) is 0 Å². The lowest BCUT2D eigenvalue weighted by Crippen LogP contribution is -2.30. The van der Waals surface area contributed by atoms with Crippen LogP contribution in [0.15, 0.2) is 72.8 Å².